The second kappa shape index (κ2) is 13.7. The van der Waals surface area contributed by atoms with E-state index >= 15 is 0 Å². The van der Waals surface area contributed by atoms with E-state index in [1.165, 1.54) is 19.2 Å². The van der Waals surface area contributed by atoms with Crippen LogP contribution in [-0.2, 0) is 22.6 Å². The average molecular weight is 628 g/mol. The Labute approximate surface area is 265 Å². The van der Waals surface area contributed by atoms with Crippen LogP contribution < -0.4 is 24.8 Å². The predicted octanol–water partition coefficient (Wildman–Crippen LogP) is 3.44. The first kappa shape index (κ1) is 30.6. The minimum Gasteiger partial charge on any atom is -0.493 e. The van der Waals surface area contributed by atoms with Crippen LogP contribution >= 0.6 is 0 Å². The van der Waals surface area contributed by atoms with Crippen LogP contribution in [0.1, 0.15) is 34.3 Å². The third-order valence-corrected chi connectivity index (χ3v) is 8.04. The number of aromatic nitrogens is 2. The molecule has 238 valence electrons. The lowest BCUT2D eigenvalue weighted by Gasteiger charge is -2.39. The monoisotopic (exact) mass is 627 g/mol. The highest BCUT2D eigenvalue weighted by atomic mass is 19.1. The molecule has 0 unspecified atom stereocenters. The average Bonchev–Trinajstić information content (AvgIpc) is 3.61. The number of imidazole rings is 1. The molecule has 4 aromatic rings. The molecule has 3 amide bonds. The van der Waals surface area contributed by atoms with Crippen LogP contribution in [0.3, 0.4) is 0 Å². The van der Waals surface area contributed by atoms with Crippen molar-refractivity contribution in [2.75, 3.05) is 26.8 Å². The van der Waals surface area contributed by atoms with E-state index in [1.807, 2.05) is 29.0 Å². The topological polar surface area (TPSA) is 124 Å². The Bertz CT molecular complexity index is 1710. The fourth-order valence-corrected chi connectivity index (χ4v) is 5.66. The number of rotatable bonds is 3. The summed E-state index contributed by atoms with van der Waals surface area (Å²) in [6.07, 6.45) is 5.61. The number of methoxy groups -OCH3 is 1. The molecule has 11 nitrogen and oxygen atoms in total. The third-order valence-electron chi connectivity index (χ3n) is 8.04. The van der Waals surface area contributed by atoms with Crippen molar-refractivity contribution in [3.8, 4) is 22.9 Å². The number of likely N-dealkylation sites (tertiary alicyclic amines) is 1. The number of piperidine rings is 1. The van der Waals surface area contributed by atoms with Gasteiger partial charge in [0.05, 0.1) is 19.5 Å². The first-order valence-electron chi connectivity index (χ1n) is 15.0. The Kier molecular flexibility index (Phi) is 9.13. The van der Waals surface area contributed by atoms with E-state index in [2.05, 4.69) is 15.6 Å². The Morgan fingerprint density at radius 1 is 1.02 bits per heavy atom. The van der Waals surface area contributed by atoms with Crippen molar-refractivity contribution < 1.29 is 33.0 Å². The van der Waals surface area contributed by atoms with Crippen LogP contribution in [0.15, 0.2) is 79.4 Å². The SMILES string of the molecule is COc1ccc2cc1OCC(=O)N[C@@H]1CN(C(=O)c3ccc(-n4ccnc4)cc3)CC[C@H]1Oc1cc(F)cc(c1)CNC(=O)CC2. The first-order chi connectivity index (χ1) is 22.3. The van der Waals surface area contributed by atoms with E-state index in [-0.39, 0.29) is 43.7 Å². The molecule has 2 aliphatic rings. The Morgan fingerprint density at radius 2 is 1.87 bits per heavy atom. The molecule has 0 spiro atoms. The van der Waals surface area contributed by atoms with Gasteiger partial charge < -0.3 is 34.3 Å². The number of halogens is 1. The Hall–Kier alpha value is -5.39. The number of ether oxygens (including phenoxy) is 3. The molecule has 46 heavy (non-hydrogen) atoms. The number of carbonyl (C=O) groups is 3. The number of hydrogen-bond donors (Lipinski definition) is 2. The molecule has 12 heteroatoms. The summed E-state index contributed by atoms with van der Waals surface area (Å²) >= 11 is 0. The van der Waals surface area contributed by atoms with Gasteiger partial charge in [0.2, 0.25) is 5.91 Å². The van der Waals surface area contributed by atoms with Crippen molar-refractivity contribution in [1.82, 2.24) is 25.1 Å². The van der Waals surface area contributed by atoms with Crippen molar-refractivity contribution in [2.24, 2.45) is 0 Å². The van der Waals surface area contributed by atoms with E-state index < -0.39 is 23.9 Å². The fraction of sp³-hybridized carbons (Fsp3) is 0.294. The van der Waals surface area contributed by atoms with Crippen LogP contribution in [-0.4, -0.2) is 71.1 Å². The molecule has 4 bridgehead atoms. The smallest absolute Gasteiger partial charge is 0.258 e. The van der Waals surface area contributed by atoms with Gasteiger partial charge in [-0.15, -0.1) is 0 Å². The maximum atomic E-state index is 14.6. The molecule has 0 radical (unpaired) electrons. The van der Waals surface area contributed by atoms with Crippen LogP contribution in [0.4, 0.5) is 4.39 Å². The summed E-state index contributed by atoms with van der Waals surface area (Å²) in [7, 11) is 1.51. The van der Waals surface area contributed by atoms with Gasteiger partial charge in [-0.1, -0.05) is 6.07 Å². The molecule has 6 rings (SSSR count). The van der Waals surface area contributed by atoms with Crippen LogP contribution in [0.5, 0.6) is 17.2 Å². The lowest BCUT2D eigenvalue weighted by Crippen LogP contribution is -2.58. The summed E-state index contributed by atoms with van der Waals surface area (Å²) < 4.78 is 34.0. The fourth-order valence-electron chi connectivity index (χ4n) is 5.66. The lowest BCUT2D eigenvalue weighted by molar-refractivity contribution is -0.125. The van der Waals surface area contributed by atoms with Gasteiger partial charge in [0, 0.05) is 62.2 Å². The van der Waals surface area contributed by atoms with Crippen molar-refractivity contribution in [2.45, 2.75) is 38.0 Å². The largest absolute Gasteiger partial charge is 0.493 e. The number of carbonyl (C=O) groups excluding carboxylic acids is 3. The summed E-state index contributed by atoms with van der Waals surface area (Å²) in [4.78, 5) is 45.1. The molecule has 1 fully saturated rings. The van der Waals surface area contributed by atoms with Gasteiger partial charge in [0.1, 0.15) is 17.7 Å². The minimum absolute atomic E-state index is 0.122. The maximum absolute atomic E-state index is 14.6. The van der Waals surface area contributed by atoms with Crippen LogP contribution in [0, 0.1) is 5.82 Å². The van der Waals surface area contributed by atoms with Gasteiger partial charge in [0.25, 0.3) is 11.8 Å². The molecular formula is C34H34FN5O6. The Morgan fingerprint density at radius 3 is 2.65 bits per heavy atom. The van der Waals surface area contributed by atoms with Crippen molar-refractivity contribution >= 4 is 17.7 Å². The molecule has 0 saturated carbocycles. The van der Waals surface area contributed by atoms with E-state index in [4.69, 9.17) is 14.2 Å². The number of aryl methyl sites for hydroxylation is 1. The number of nitrogens with zero attached hydrogens (tertiary/aromatic N) is 3. The van der Waals surface area contributed by atoms with E-state index in [0.717, 1.165) is 11.3 Å². The zero-order chi connectivity index (χ0) is 32.0. The highest BCUT2D eigenvalue weighted by Gasteiger charge is 2.35. The number of benzene rings is 3. The number of hydrogen-bond acceptors (Lipinski definition) is 7. The molecule has 2 atom stereocenters. The van der Waals surface area contributed by atoms with Gasteiger partial charge in [0.15, 0.2) is 18.1 Å². The van der Waals surface area contributed by atoms with Crippen molar-refractivity contribution in [3.63, 3.8) is 0 Å². The summed E-state index contributed by atoms with van der Waals surface area (Å²) in [5.41, 5.74) is 2.74. The summed E-state index contributed by atoms with van der Waals surface area (Å²) in [5, 5.41) is 5.81. The normalized spacial score (nSPS) is 18.9. The summed E-state index contributed by atoms with van der Waals surface area (Å²) in [6, 6.07) is 16.1. The van der Waals surface area contributed by atoms with Gasteiger partial charge in [-0.05, 0) is 66.1 Å². The van der Waals surface area contributed by atoms with Gasteiger partial charge in [-0.2, -0.15) is 0 Å². The highest BCUT2D eigenvalue weighted by molar-refractivity contribution is 5.94. The molecule has 2 N–H and O–H groups in total. The summed E-state index contributed by atoms with van der Waals surface area (Å²) in [6.45, 7) is 0.321. The summed E-state index contributed by atoms with van der Waals surface area (Å²) in [5.74, 6) is -0.237. The zero-order valence-electron chi connectivity index (χ0n) is 25.3. The Balaban J connectivity index is 1.24. The maximum Gasteiger partial charge on any atom is 0.258 e. The van der Waals surface area contributed by atoms with Crippen LogP contribution in [0.25, 0.3) is 5.69 Å². The third kappa shape index (κ3) is 7.28. The number of fused-ring (bicyclic) bond motifs is 5. The molecule has 1 saturated heterocycles. The van der Waals surface area contributed by atoms with Gasteiger partial charge in [-0.25, -0.2) is 9.37 Å². The number of amides is 3. The predicted molar refractivity (Wildman–Crippen MR) is 165 cm³/mol. The van der Waals surface area contributed by atoms with Crippen molar-refractivity contribution in [1.29, 1.82) is 0 Å². The van der Waals surface area contributed by atoms with E-state index in [1.54, 1.807) is 47.8 Å². The van der Waals surface area contributed by atoms with Crippen molar-refractivity contribution in [3.05, 3.63) is 102 Å². The quantitative estimate of drug-likeness (QED) is 0.357. The molecule has 3 aromatic carbocycles. The van der Waals surface area contributed by atoms with Gasteiger partial charge >= 0.3 is 0 Å². The van der Waals surface area contributed by atoms with Gasteiger partial charge in [-0.3, -0.25) is 14.4 Å². The highest BCUT2D eigenvalue weighted by Crippen LogP contribution is 2.29. The van der Waals surface area contributed by atoms with Crippen LogP contribution in [0.2, 0.25) is 0 Å². The molecular weight excluding hydrogens is 593 g/mol. The standard InChI is InChI=1S/C34H34FN5O6/c1-44-30-8-2-22-3-9-32(41)37-18-23-14-25(35)17-27(15-23)46-29-10-12-39(19-28(29)38-33(42)20-45-31(30)16-22)34(43)24-4-6-26(7-5-24)40-13-11-36-21-40/h2,4-8,11,13-17,21,28-29H,3,9-10,12,18-20H2,1H3,(H,37,41)(H,38,42)/t28-,29-/m1/s1. The number of nitrogens with one attached hydrogen (secondary N) is 2. The molecule has 0 aliphatic carbocycles. The van der Waals surface area contributed by atoms with E-state index in [9.17, 15) is 18.8 Å². The molecule has 1 aromatic heterocycles. The molecule has 2 aliphatic heterocycles. The second-order valence-corrected chi connectivity index (χ2v) is 11.2. The first-order valence-corrected chi connectivity index (χ1v) is 15.0. The zero-order valence-corrected chi connectivity index (χ0v) is 25.3. The minimum atomic E-state index is -0.627. The lowest BCUT2D eigenvalue weighted by atomic mass is 10.00. The second-order valence-electron chi connectivity index (χ2n) is 11.2. The van der Waals surface area contributed by atoms with E-state index in [0.29, 0.717) is 42.0 Å². The molecule has 3 heterocycles.